The van der Waals surface area contributed by atoms with E-state index in [1.807, 2.05) is 0 Å². The summed E-state index contributed by atoms with van der Waals surface area (Å²) in [6, 6.07) is 0. The quantitative estimate of drug-likeness (QED) is 0.545. The molecular formula is C4H9F3OSi. The van der Waals surface area contributed by atoms with E-state index in [0.717, 1.165) is 0 Å². The van der Waals surface area contributed by atoms with Gasteiger partial charge in [0.15, 0.2) is 0 Å². The predicted molar refractivity (Wildman–Crippen MR) is 30.8 cm³/mol. The molecule has 0 aromatic carbocycles. The first kappa shape index (κ1) is 8.97. The van der Waals surface area contributed by atoms with Crippen LogP contribution in [0.1, 0.15) is 13.8 Å². The molecule has 0 heterocycles. The van der Waals surface area contributed by atoms with Gasteiger partial charge < -0.3 is 4.43 Å². The van der Waals surface area contributed by atoms with Gasteiger partial charge in [-0.15, -0.1) is 0 Å². The summed E-state index contributed by atoms with van der Waals surface area (Å²) in [5.74, 6) is -4.05. The molecule has 1 nitrogen and oxygen atoms in total. The third-order valence-electron chi connectivity index (χ3n) is 0.580. The molecule has 5 heteroatoms. The molecule has 9 heavy (non-hydrogen) atoms. The lowest BCUT2D eigenvalue weighted by atomic mass is 10.5. The van der Waals surface area contributed by atoms with Crippen molar-refractivity contribution >= 4 is 9.76 Å². The molecule has 0 radical (unpaired) electrons. The Labute approximate surface area is 54.1 Å². The van der Waals surface area contributed by atoms with Crippen LogP contribution < -0.4 is 0 Å². The molecule has 0 rings (SSSR count). The highest BCUT2D eigenvalue weighted by atomic mass is 28.2. The molecule has 0 N–H and O–H groups in total. The van der Waals surface area contributed by atoms with Gasteiger partial charge in [0.2, 0.25) is 0 Å². The van der Waals surface area contributed by atoms with E-state index in [2.05, 4.69) is 4.43 Å². The van der Waals surface area contributed by atoms with E-state index >= 15 is 0 Å². The van der Waals surface area contributed by atoms with Crippen LogP contribution in [0.4, 0.5) is 13.2 Å². The summed E-state index contributed by atoms with van der Waals surface area (Å²) in [5.41, 5.74) is 0. The summed E-state index contributed by atoms with van der Waals surface area (Å²) in [7, 11) is -2.30. The summed E-state index contributed by atoms with van der Waals surface area (Å²) in [4.78, 5) is 0. The van der Waals surface area contributed by atoms with Crippen LogP contribution in [0.2, 0.25) is 0 Å². The Kier molecular flexibility index (Phi) is 3.20. The Morgan fingerprint density at radius 3 is 1.89 bits per heavy atom. The molecule has 56 valence electrons. The topological polar surface area (TPSA) is 9.23 Å². The van der Waals surface area contributed by atoms with Crippen LogP contribution >= 0.6 is 0 Å². The highest BCUT2D eigenvalue weighted by Crippen LogP contribution is 2.12. The Morgan fingerprint density at radius 1 is 1.33 bits per heavy atom. The zero-order chi connectivity index (χ0) is 7.49. The molecule has 0 fully saturated rings. The summed E-state index contributed by atoms with van der Waals surface area (Å²) in [6.07, 6.45) is -0.293. The lowest BCUT2D eigenvalue weighted by Crippen LogP contribution is -2.24. The van der Waals surface area contributed by atoms with Crippen LogP contribution in [0.15, 0.2) is 0 Å². The number of hydrogen-bond acceptors (Lipinski definition) is 1. The second-order valence-corrected chi connectivity index (χ2v) is 3.40. The van der Waals surface area contributed by atoms with Gasteiger partial charge in [-0.3, -0.25) is 0 Å². The van der Waals surface area contributed by atoms with Gasteiger partial charge in [-0.25, -0.2) is 0 Å². The second-order valence-electron chi connectivity index (χ2n) is 1.97. The Morgan fingerprint density at radius 2 is 1.78 bits per heavy atom. The van der Waals surface area contributed by atoms with Crippen molar-refractivity contribution < 1.29 is 17.6 Å². The van der Waals surface area contributed by atoms with E-state index < -0.39 is 15.6 Å². The van der Waals surface area contributed by atoms with E-state index in [4.69, 9.17) is 0 Å². The third-order valence-corrected chi connectivity index (χ3v) is 1.74. The number of rotatable bonds is 2. The maximum Gasteiger partial charge on any atom is 0.382 e. The fourth-order valence-electron chi connectivity index (χ4n) is 0.261. The third kappa shape index (κ3) is 7.97. The first-order valence-corrected chi connectivity index (χ1v) is 3.88. The minimum Gasteiger partial charge on any atom is -0.411 e. The smallest absolute Gasteiger partial charge is 0.382 e. The zero-order valence-electron chi connectivity index (χ0n) is 5.33. The number of alkyl halides is 3. The van der Waals surface area contributed by atoms with Crippen molar-refractivity contribution in [3.8, 4) is 0 Å². The average molecular weight is 158 g/mol. The van der Waals surface area contributed by atoms with Gasteiger partial charge in [-0.2, -0.15) is 13.2 Å². The van der Waals surface area contributed by atoms with Gasteiger partial charge in [-0.1, -0.05) is 0 Å². The SMILES string of the molecule is CC(C)O[SiH2]C(F)(F)F. The van der Waals surface area contributed by atoms with Crippen molar-refractivity contribution in [2.45, 2.75) is 25.8 Å². The maximum absolute atomic E-state index is 11.4. The van der Waals surface area contributed by atoms with Crippen molar-refractivity contribution in [1.82, 2.24) is 0 Å². The average Bonchev–Trinajstić information content (AvgIpc) is 1.59. The summed E-state index contributed by atoms with van der Waals surface area (Å²) >= 11 is 0. The minimum atomic E-state index is -4.05. The largest absolute Gasteiger partial charge is 0.411 e. The van der Waals surface area contributed by atoms with Crippen molar-refractivity contribution in [2.24, 2.45) is 0 Å². The molecule has 0 aliphatic heterocycles. The van der Waals surface area contributed by atoms with Gasteiger partial charge in [0.1, 0.15) is 0 Å². The van der Waals surface area contributed by atoms with Gasteiger partial charge in [0, 0.05) is 6.10 Å². The normalized spacial score (nSPS) is 14.0. The molecule has 0 aliphatic carbocycles. The fourth-order valence-corrected chi connectivity index (χ4v) is 0.783. The van der Waals surface area contributed by atoms with Crippen LogP contribution in [0, 0.1) is 0 Å². The Balaban J connectivity index is 3.28. The molecule has 0 aliphatic rings. The summed E-state index contributed by atoms with van der Waals surface area (Å²) in [6.45, 7) is 3.19. The van der Waals surface area contributed by atoms with Crippen LogP contribution in [0.25, 0.3) is 0 Å². The van der Waals surface area contributed by atoms with E-state index in [-0.39, 0.29) is 6.10 Å². The van der Waals surface area contributed by atoms with Gasteiger partial charge in [0.25, 0.3) is 9.76 Å². The first-order valence-electron chi connectivity index (χ1n) is 2.60. The highest BCUT2D eigenvalue weighted by molar-refractivity contribution is 6.29. The summed E-state index contributed by atoms with van der Waals surface area (Å²) < 4.78 is 38.5. The van der Waals surface area contributed by atoms with Crippen molar-refractivity contribution in [2.75, 3.05) is 0 Å². The van der Waals surface area contributed by atoms with Gasteiger partial charge in [-0.05, 0) is 13.8 Å². The lowest BCUT2D eigenvalue weighted by Gasteiger charge is -2.08. The van der Waals surface area contributed by atoms with Gasteiger partial charge >= 0.3 is 5.80 Å². The second kappa shape index (κ2) is 3.22. The van der Waals surface area contributed by atoms with Crippen molar-refractivity contribution in [3.63, 3.8) is 0 Å². The van der Waals surface area contributed by atoms with Crippen molar-refractivity contribution in [1.29, 1.82) is 0 Å². The Hall–Kier alpha value is -0.0331. The molecule has 0 bridgehead atoms. The van der Waals surface area contributed by atoms with Gasteiger partial charge in [0.05, 0.1) is 0 Å². The first-order chi connectivity index (χ1) is 3.92. The van der Waals surface area contributed by atoms with Crippen molar-refractivity contribution in [3.05, 3.63) is 0 Å². The lowest BCUT2D eigenvalue weighted by molar-refractivity contribution is -0.0620. The summed E-state index contributed by atoms with van der Waals surface area (Å²) in [5, 5.41) is 0. The molecule has 0 atom stereocenters. The molecule has 0 saturated carbocycles. The minimum absolute atomic E-state index is 0.293. The molecular weight excluding hydrogens is 149 g/mol. The van der Waals surface area contributed by atoms with E-state index in [0.29, 0.717) is 0 Å². The molecule has 0 saturated heterocycles. The standard InChI is InChI=1S/C4H9F3OSi/c1-3(2)8-9-4(5,6)7/h3H,9H2,1-2H3. The van der Waals surface area contributed by atoms with E-state index in [9.17, 15) is 13.2 Å². The van der Waals surface area contributed by atoms with Crippen LogP contribution in [-0.2, 0) is 4.43 Å². The van der Waals surface area contributed by atoms with Crippen LogP contribution in [-0.4, -0.2) is 21.7 Å². The van der Waals surface area contributed by atoms with E-state index in [1.165, 1.54) is 0 Å². The fraction of sp³-hybridized carbons (Fsp3) is 1.00. The maximum atomic E-state index is 11.4. The molecule has 0 amide bonds. The zero-order valence-corrected chi connectivity index (χ0v) is 6.74. The molecule has 0 unspecified atom stereocenters. The predicted octanol–water partition coefficient (Wildman–Crippen LogP) is 1.01. The monoisotopic (exact) mass is 158 g/mol. The number of halogens is 3. The molecule has 0 aromatic rings. The molecule has 0 aromatic heterocycles. The Bertz CT molecular complexity index is 80.4. The van der Waals surface area contributed by atoms with E-state index in [1.54, 1.807) is 13.8 Å². The number of hydrogen-bond donors (Lipinski definition) is 0. The molecule has 0 spiro atoms. The van der Waals surface area contributed by atoms with Crippen LogP contribution in [0.5, 0.6) is 0 Å². The van der Waals surface area contributed by atoms with Crippen LogP contribution in [0.3, 0.4) is 0 Å². The highest BCUT2D eigenvalue weighted by Gasteiger charge is 2.28.